The van der Waals surface area contributed by atoms with Crippen LogP contribution in [0.25, 0.3) is 0 Å². The summed E-state index contributed by atoms with van der Waals surface area (Å²) < 4.78 is 0. The minimum absolute atomic E-state index is 0.844. The van der Waals surface area contributed by atoms with Crippen molar-refractivity contribution >= 4 is 11.4 Å². The van der Waals surface area contributed by atoms with E-state index < -0.39 is 0 Å². The van der Waals surface area contributed by atoms with Crippen molar-refractivity contribution in [1.29, 1.82) is 0 Å². The molecule has 0 saturated heterocycles. The summed E-state index contributed by atoms with van der Waals surface area (Å²) in [6.07, 6.45) is 37.3. The first-order valence-electron chi connectivity index (χ1n) is 23.4. The van der Waals surface area contributed by atoms with E-state index in [0.29, 0.717) is 0 Å². The fourth-order valence-electron chi connectivity index (χ4n) is 8.41. The molecule has 56 heavy (non-hydrogen) atoms. The second kappa shape index (κ2) is 28.0. The average molecular weight is 757 g/mol. The van der Waals surface area contributed by atoms with Crippen LogP contribution < -0.4 is 11.5 Å². The van der Waals surface area contributed by atoms with E-state index in [1.54, 1.807) is 11.1 Å². The van der Waals surface area contributed by atoms with Crippen LogP contribution in [-0.2, 0) is 38.5 Å². The Hall–Kier alpha value is -3.52. The molecule has 306 valence electrons. The Morgan fingerprint density at radius 1 is 0.286 bits per heavy atom. The van der Waals surface area contributed by atoms with Crippen LogP contribution in [0.3, 0.4) is 0 Å². The van der Waals surface area contributed by atoms with Crippen molar-refractivity contribution in [3.8, 4) is 0 Å². The van der Waals surface area contributed by atoms with Gasteiger partial charge in [0.15, 0.2) is 0 Å². The minimum Gasteiger partial charge on any atom is -0.399 e. The zero-order valence-corrected chi connectivity index (χ0v) is 36.0. The van der Waals surface area contributed by atoms with Crippen molar-refractivity contribution < 1.29 is 0 Å². The van der Waals surface area contributed by atoms with Crippen LogP contribution in [0, 0.1) is 0 Å². The monoisotopic (exact) mass is 757 g/mol. The Balaban J connectivity index is 0.934. The summed E-state index contributed by atoms with van der Waals surface area (Å²) in [7, 11) is 0. The van der Waals surface area contributed by atoms with Crippen LogP contribution in [0.1, 0.15) is 200 Å². The van der Waals surface area contributed by atoms with Gasteiger partial charge in [0.05, 0.1) is 0 Å². The molecule has 0 amide bonds. The summed E-state index contributed by atoms with van der Waals surface area (Å²) in [5.74, 6) is 0. The highest BCUT2D eigenvalue weighted by Gasteiger charge is 2.08. The van der Waals surface area contributed by atoms with E-state index in [1.807, 2.05) is 24.3 Å². The fourth-order valence-corrected chi connectivity index (χ4v) is 8.41. The van der Waals surface area contributed by atoms with Gasteiger partial charge in [0, 0.05) is 11.4 Å². The molecule has 4 aromatic carbocycles. The molecular formula is C54H80N2. The summed E-state index contributed by atoms with van der Waals surface area (Å²) in [6.45, 7) is 4.59. The maximum Gasteiger partial charge on any atom is 0.0314 e. The normalized spacial score (nSPS) is 11.4. The maximum atomic E-state index is 5.91. The number of hydrogen-bond donors (Lipinski definition) is 2. The van der Waals surface area contributed by atoms with E-state index in [0.717, 1.165) is 24.2 Å². The number of aryl methyl sites for hydroxylation is 4. The first-order chi connectivity index (χ1) is 27.5. The Morgan fingerprint density at radius 2 is 0.571 bits per heavy atom. The number of anilines is 2. The van der Waals surface area contributed by atoms with Crippen LogP contribution in [0.4, 0.5) is 11.4 Å². The summed E-state index contributed by atoms with van der Waals surface area (Å²) in [5, 5.41) is 0. The highest BCUT2D eigenvalue weighted by molar-refractivity contribution is 5.43. The highest BCUT2D eigenvalue weighted by atomic mass is 14.5. The van der Waals surface area contributed by atoms with Gasteiger partial charge < -0.3 is 11.5 Å². The van der Waals surface area contributed by atoms with Crippen molar-refractivity contribution in [2.75, 3.05) is 11.5 Å². The van der Waals surface area contributed by atoms with Gasteiger partial charge in [-0.3, -0.25) is 0 Å². The molecule has 0 unspecified atom stereocenters. The van der Waals surface area contributed by atoms with Crippen molar-refractivity contribution in [2.45, 2.75) is 194 Å². The Labute approximate surface area is 344 Å². The highest BCUT2D eigenvalue weighted by Crippen LogP contribution is 2.23. The summed E-state index contributed by atoms with van der Waals surface area (Å²) in [4.78, 5) is 0. The molecular weight excluding hydrogens is 677 g/mol. The smallest absolute Gasteiger partial charge is 0.0314 e. The molecule has 0 aliphatic rings. The summed E-state index contributed by atoms with van der Waals surface area (Å²) >= 11 is 0. The number of benzene rings is 4. The molecule has 0 aliphatic carbocycles. The van der Waals surface area contributed by atoms with Crippen molar-refractivity contribution in [1.82, 2.24) is 0 Å². The van der Waals surface area contributed by atoms with Crippen molar-refractivity contribution in [3.63, 3.8) is 0 Å². The molecule has 0 radical (unpaired) electrons. The van der Waals surface area contributed by atoms with E-state index in [2.05, 4.69) is 74.5 Å². The third-order valence-electron chi connectivity index (χ3n) is 12.1. The zero-order chi connectivity index (χ0) is 39.5. The number of rotatable bonds is 31. The Kier molecular flexibility index (Phi) is 22.6. The molecule has 0 atom stereocenters. The van der Waals surface area contributed by atoms with Crippen LogP contribution in [0.5, 0.6) is 0 Å². The Bertz CT molecular complexity index is 1460. The van der Waals surface area contributed by atoms with E-state index in [4.69, 9.17) is 11.5 Å². The van der Waals surface area contributed by atoms with Crippen molar-refractivity contribution in [2.24, 2.45) is 0 Å². The zero-order valence-electron chi connectivity index (χ0n) is 36.0. The first-order valence-corrected chi connectivity index (χ1v) is 23.4. The standard InChI is InChI=1S/C54H80N2/c1-3-5-27-49-41-45(29-35-51(49)43-47-31-37-53(55)38-32-47)25-23-21-19-17-15-13-11-9-7-8-10-12-14-16-18-20-22-24-26-46-30-36-52(50(42-46)28-6-4-2)44-48-33-39-54(56)40-34-48/h29-42H,3-28,43-44,55-56H2,1-2H3. The molecule has 4 aromatic rings. The largest absolute Gasteiger partial charge is 0.399 e. The molecule has 2 nitrogen and oxygen atoms in total. The van der Waals surface area contributed by atoms with Crippen molar-refractivity contribution in [3.05, 3.63) is 129 Å². The van der Waals surface area contributed by atoms with E-state index in [1.165, 1.54) is 200 Å². The van der Waals surface area contributed by atoms with Gasteiger partial charge in [-0.1, -0.05) is 190 Å². The molecule has 0 bridgehead atoms. The second-order valence-corrected chi connectivity index (χ2v) is 17.1. The van der Waals surface area contributed by atoms with Crippen LogP contribution in [0.2, 0.25) is 0 Å². The van der Waals surface area contributed by atoms with Gasteiger partial charge in [0.1, 0.15) is 0 Å². The number of nitrogen functional groups attached to an aromatic ring is 2. The van der Waals surface area contributed by atoms with E-state index >= 15 is 0 Å². The van der Waals surface area contributed by atoms with Crippen LogP contribution in [0.15, 0.2) is 84.9 Å². The number of nitrogens with two attached hydrogens (primary N) is 2. The van der Waals surface area contributed by atoms with Gasteiger partial charge in [-0.15, -0.1) is 0 Å². The van der Waals surface area contributed by atoms with Gasteiger partial charge in [0.2, 0.25) is 0 Å². The Morgan fingerprint density at radius 3 is 0.875 bits per heavy atom. The van der Waals surface area contributed by atoms with Gasteiger partial charge in [-0.2, -0.15) is 0 Å². The van der Waals surface area contributed by atoms with Crippen LogP contribution in [-0.4, -0.2) is 0 Å². The maximum absolute atomic E-state index is 5.91. The molecule has 0 saturated carbocycles. The van der Waals surface area contributed by atoms with Gasteiger partial charge >= 0.3 is 0 Å². The second-order valence-electron chi connectivity index (χ2n) is 17.1. The third kappa shape index (κ3) is 18.6. The molecule has 0 aliphatic heterocycles. The fraction of sp³-hybridized carbons (Fsp3) is 0.556. The van der Waals surface area contributed by atoms with Gasteiger partial charge in [-0.05, 0) is 133 Å². The molecule has 0 fully saturated rings. The number of hydrogen-bond acceptors (Lipinski definition) is 2. The topological polar surface area (TPSA) is 52.0 Å². The lowest BCUT2D eigenvalue weighted by Gasteiger charge is -2.13. The van der Waals surface area contributed by atoms with E-state index in [9.17, 15) is 0 Å². The lowest BCUT2D eigenvalue weighted by atomic mass is 9.93. The molecule has 4 rings (SSSR count). The van der Waals surface area contributed by atoms with Gasteiger partial charge in [-0.25, -0.2) is 0 Å². The summed E-state index contributed by atoms with van der Waals surface area (Å²) in [5.41, 5.74) is 25.4. The summed E-state index contributed by atoms with van der Waals surface area (Å²) in [6, 6.07) is 31.4. The molecule has 0 spiro atoms. The molecule has 0 heterocycles. The molecule has 2 heteroatoms. The molecule has 0 aromatic heterocycles. The predicted molar refractivity (Wildman–Crippen MR) is 248 cm³/mol. The first kappa shape index (κ1) is 45.2. The van der Waals surface area contributed by atoms with E-state index in [-0.39, 0.29) is 0 Å². The van der Waals surface area contributed by atoms with Crippen LogP contribution >= 0.6 is 0 Å². The minimum atomic E-state index is 0.844. The lowest BCUT2D eigenvalue weighted by molar-refractivity contribution is 0.524. The third-order valence-corrected chi connectivity index (χ3v) is 12.1. The SMILES string of the molecule is CCCCc1cc(CCCCCCCCCCCCCCCCCCCCc2ccc(Cc3ccc(N)cc3)c(CCCC)c2)ccc1Cc1ccc(N)cc1. The number of unbranched alkanes of at least 4 members (excludes halogenated alkanes) is 19. The lowest BCUT2D eigenvalue weighted by Crippen LogP contribution is -1.99. The molecule has 4 N–H and O–H groups in total. The quantitative estimate of drug-likeness (QED) is 0.0397. The van der Waals surface area contributed by atoms with Gasteiger partial charge in [0.25, 0.3) is 0 Å². The average Bonchev–Trinajstić information content (AvgIpc) is 3.21. The predicted octanol–water partition coefficient (Wildman–Crippen LogP) is 15.5.